The Hall–Kier alpha value is -0.370. The highest BCUT2D eigenvalue weighted by molar-refractivity contribution is 5.78. The summed E-state index contributed by atoms with van der Waals surface area (Å²) in [6.07, 6.45) is 9.67. The van der Waals surface area contributed by atoms with Crippen LogP contribution >= 0.6 is 0 Å². The summed E-state index contributed by atoms with van der Waals surface area (Å²) in [4.78, 5) is 11.4. The number of hydrogen-bond acceptors (Lipinski definition) is 2. The smallest absolute Gasteiger partial charge is 0.135 e. The molecule has 1 saturated carbocycles. The fourth-order valence-corrected chi connectivity index (χ4v) is 2.95. The van der Waals surface area contributed by atoms with Gasteiger partial charge in [0.15, 0.2) is 0 Å². The van der Waals surface area contributed by atoms with Crippen LogP contribution in [0.15, 0.2) is 0 Å². The van der Waals surface area contributed by atoms with Crippen molar-refractivity contribution in [2.45, 2.75) is 70.5 Å². The van der Waals surface area contributed by atoms with Crippen LogP contribution in [0, 0.1) is 5.92 Å². The third-order valence-electron chi connectivity index (χ3n) is 3.92. The monoisotopic (exact) mass is 210 g/mol. The molecule has 15 heavy (non-hydrogen) atoms. The Morgan fingerprint density at radius 3 is 2.80 bits per heavy atom. The summed E-state index contributed by atoms with van der Waals surface area (Å²) < 4.78 is 6.04. The van der Waals surface area contributed by atoms with Crippen molar-refractivity contribution in [3.05, 3.63) is 0 Å². The van der Waals surface area contributed by atoms with Crippen LogP contribution in [0.25, 0.3) is 0 Å². The van der Waals surface area contributed by atoms with Gasteiger partial charge in [-0.3, -0.25) is 4.79 Å². The molecular formula is C13H22O2. The molecule has 1 saturated heterocycles. The van der Waals surface area contributed by atoms with Crippen molar-refractivity contribution in [3.8, 4) is 0 Å². The van der Waals surface area contributed by atoms with Gasteiger partial charge in [0, 0.05) is 12.8 Å². The maximum Gasteiger partial charge on any atom is 0.135 e. The van der Waals surface area contributed by atoms with Gasteiger partial charge in [0.2, 0.25) is 0 Å². The Morgan fingerprint density at radius 2 is 2.00 bits per heavy atom. The van der Waals surface area contributed by atoms with E-state index in [4.69, 9.17) is 4.74 Å². The zero-order chi connectivity index (χ0) is 10.7. The Bertz CT molecular complexity index is 225. The van der Waals surface area contributed by atoms with Gasteiger partial charge >= 0.3 is 0 Å². The molecule has 0 aromatic rings. The van der Waals surface area contributed by atoms with E-state index in [2.05, 4.69) is 0 Å². The van der Waals surface area contributed by atoms with Crippen LogP contribution in [0.2, 0.25) is 0 Å². The molecule has 1 aliphatic carbocycles. The van der Waals surface area contributed by atoms with Crippen LogP contribution in [-0.2, 0) is 9.53 Å². The molecule has 0 unspecified atom stereocenters. The van der Waals surface area contributed by atoms with Gasteiger partial charge in [0.05, 0.1) is 12.2 Å². The van der Waals surface area contributed by atoms with Crippen molar-refractivity contribution in [2.24, 2.45) is 5.92 Å². The van der Waals surface area contributed by atoms with Gasteiger partial charge in [-0.05, 0) is 31.6 Å². The van der Waals surface area contributed by atoms with Crippen LogP contribution in [0.1, 0.15) is 58.3 Å². The molecule has 2 aliphatic rings. The molecule has 2 heteroatoms. The summed E-state index contributed by atoms with van der Waals surface area (Å²) in [6, 6.07) is 0. The number of ketones is 1. The lowest BCUT2D eigenvalue weighted by molar-refractivity contribution is -0.131. The highest BCUT2D eigenvalue weighted by atomic mass is 16.5. The Kier molecular flexibility index (Phi) is 3.79. The standard InChI is InChI=1S/C13H22O2/c1-2-11(14)9-12-8-7-10-5-3-4-6-13(10)15-12/h10,12-13H,2-9H2,1H3/t10-,12+,13+/m0/s1. The largest absolute Gasteiger partial charge is 0.374 e. The number of carbonyl (C=O) groups excluding carboxylic acids is 1. The summed E-state index contributed by atoms with van der Waals surface area (Å²) in [6.45, 7) is 1.94. The first kappa shape index (κ1) is 11.1. The summed E-state index contributed by atoms with van der Waals surface area (Å²) >= 11 is 0. The minimum atomic E-state index is 0.233. The summed E-state index contributed by atoms with van der Waals surface area (Å²) in [7, 11) is 0. The van der Waals surface area contributed by atoms with Crippen LogP contribution in [-0.4, -0.2) is 18.0 Å². The summed E-state index contributed by atoms with van der Waals surface area (Å²) in [5.74, 6) is 1.15. The van der Waals surface area contributed by atoms with Crippen molar-refractivity contribution in [1.29, 1.82) is 0 Å². The van der Waals surface area contributed by atoms with Crippen molar-refractivity contribution in [1.82, 2.24) is 0 Å². The number of hydrogen-bond donors (Lipinski definition) is 0. The topological polar surface area (TPSA) is 26.3 Å². The van der Waals surface area contributed by atoms with E-state index in [9.17, 15) is 4.79 Å². The third-order valence-corrected chi connectivity index (χ3v) is 3.92. The number of carbonyl (C=O) groups is 1. The van der Waals surface area contributed by atoms with Gasteiger partial charge in [-0.2, -0.15) is 0 Å². The second-order valence-corrected chi connectivity index (χ2v) is 5.01. The quantitative estimate of drug-likeness (QED) is 0.715. The molecule has 0 aromatic heterocycles. The molecule has 2 fully saturated rings. The zero-order valence-electron chi connectivity index (χ0n) is 9.71. The Balaban J connectivity index is 1.83. The van der Waals surface area contributed by atoms with E-state index in [-0.39, 0.29) is 6.10 Å². The molecule has 3 atom stereocenters. The average Bonchev–Trinajstić information content (AvgIpc) is 2.29. The maximum atomic E-state index is 11.4. The fraction of sp³-hybridized carbons (Fsp3) is 0.923. The minimum absolute atomic E-state index is 0.233. The fourth-order valence-electron chi connectivity index (χ4n) is 2.95. The highest BCUT2D eigenvalue weighted by Gasteiger charge is 2.33. The predicted molar refractivity (Wildman–Crippen MR) is 59.8 cm³/mol. The second kappa shape index (κ2) is 5.11. The van der Waals surface area contributed by atoms with E-state index in [0.29, 0.717) is 24.7 Å². The van der Waals surface area contributed by atoms with Crippen molar-refractivity contribution < 1.29 is 9.53 Å². The number of ether oxygens (including phenoxy) is 1. The summed E-state index contributed by atoms with van der Waals surface area (Å²) in [5, 5.41) is 0. The molecule has 0 amide bonds. The average molecular weight is 210 g/mol. The van der Waals surface area contributed by atoms with E-state index < -0.39 is 0 Å². The molecular weight excluding hydrogens is 188 g/mol. The normalized spacial score (nSPS) is 35.9. The number of rotatable bonds is 3. The Labute approximate surface area is 92.4 Å². The van der Waals surface area contributed by atoms with E-state index in [1.165, 1.54) is 32.1 Å². The van der Waals surface area contributed by atoms with E-state index in [0.717, 1.165) is 12.3 Å². The van der Waals surface area contributed by atoms with Gasteiger partial charge in [-0.15, -0.1) is 0 Å². The lowest BCUT2D eigenvalue weighted by Crippen LogP contribution is -2.38. The van der Waals surface area contributed by atoms with Crippen molar-refractivity contribution in [2.75, 3.05) is 0 Å². The molecule has 0 spiro atoms. The van der Waals surface area contributed by atoms with E-state index >= 15 is 0 Å². The molecule has 1 aliphatic heterocycles. The molecule has 1 heterocycles. The molecule has 0 radical (unpaired) electrons. The number of fused-ring (bicyclic) bond motifs is 1. The van der Waals surface area contributed by atoms with Gasteiger partial charge in [0.25, 0.3) is 0 Å². The van der Waals surface area contributed by atoms with Gasteiger partial charge in [-0.25, -0.2) is 0 Å². The molecule has 0 N–H and O–H groups in total. The molecule has 86 valence electrons. The van der Waals surface area contributed by atoms with Crippen molar-refractivity contribution >= 4 is 5.78 Å². The maximum absolute atomic E-state index is 11.4. The highest BCUT2D eigenvalue weighted by Crippen LogP contribution is 2.36. The third kappa shape index (κ3) is 2.81. The molecule has 0 aromatic carbocycles. The van der Waals surface area contributed by atoms with Crippen molar-refractivity contribution in [3.63, 3.8) is 0 Å². The zero-order valence-corrected chi connectivity index (χ0v) is 9.71. The first-order valence-electron chi connectivity index (χ1n) is 6.46. The predicted octanol–water partition coefficient (Wildman–Crippen LogP) is 3.09. The van der Waals surface area contributed by atoms with Gasteiger partial charge in [0.1, 0.15) is 5.78 Å². The lowest BCUT2D eigenvalue weighted by Gasteiger charge is -2.39. The van der Waals surface area contributed by atoms with Crippen LogP contribution < -0.4 is 0 Å². The lowest BCUT2D eigenvalue weighted by atomic mass is 9.80. The molecule has 2 nitrogen and oxygen atoms in total. The van der Waals surface area contributed by atoms with Gasteiger partial charge < -0.3 is 4.74 Å². The first-order valence-corrected chi connectivity index (χ1v) is 6.46. The van der Waals surface area contributed by atoms with Crippen LogP contribution in [0.5, 0.6) is 0 Å². The van der Waals surface area contributed by atoms with Gasteiger partial charge in [-0.1, -0.05) is 19.8 Å². The molecule has 2 rings (SSSR count). The van der Waals surface area contributed by atoms with E-state index in [1.807, 2.05) is 6.92 Å². The van der Waals surface area contributed by atoms with Crippen LogP contribution in [0.4, 0.5) is 0 Å². The Morgan fingerprint density at radius 1 is 1.20 bits per heavy atom. The van der Waals surface area contributed by atoms with Crippen LogP contribution in [0.3, 0.4) is 0 Å². The molecule has 0 bridgehead atoms. The van der Waals surface area contributed by atoms with E-state index in [1.54, 1.807) is 0 Å². The summed E-state index contributed by atoms with van der Waals surface area (Å²) in [5.41, 5.74) is 0. The minimum Gasteiger partial charge on any atom is -0.374 e. The first-order chi connectivity index (χ1) is 7.29. The SMILES string of the molecule is CCC(=O)C[C@H]1CC[C@@H]2CCCC[C@H]2O1. The number of Topliss-reactive ketones (excluding diaryl/α,β-unsaturated/α-hetero) is 1. The second-order valence-electron chi connectivity index (χ2n) is 5.01.